The number of H-pyrrole nitrogens is 1. The highest BCUT2D eigenvalue weighted by atomic mass is 19.1. The number of carbonyl (C=O) groups is 1. The molecule has 2 heterocycles. The Balaban J connectivity index is 1.75. The lowest BCUT2D eigenvalue weighted by molar-refractivity contribution is -0.131. The number of nitrogens with zero attached hydrogens (tertiary/aromatic N) is 2. The first kappa shape index (κ1) is 23.4. The predicted octanol–water partition coefficient (Wildman–Crippen LogP) is 6.10. The third kappa shape index (κ3) is 4.49. The summed E-state index contributed by atoms with van der Waals surface area (Å²) in [6.07, 6.45) is 7.13. The molecule has 1 fully saturated rings. The number of carboxylic acid groups (broad SMARTS) is 1. The zero-order valence-electron chi connectivity index (χ0n) is 19.5. The van der Waals surface area contributed by atoms with E-state index >= 15 is 0 Å². The molecule has 8 heteroatoms. The quantitative estimate of drug-likeness (QED) is 0.308. The molecule has 2 aromatic carbocycles. The summed E-state index contributed by atoms with van der Waals surface area (Å²) in [5, 5.41) is 15.7. The lowest BCUT2D eigenvalue weighted by atomic mass is 9.73. The van der Waals surface area contributed by atoms with Crippen LogP contribution in [0.5, 0.6) is 5.88 Å². The van der Waals surface area contributed by atoms with Crippen LogP contribution in [-0.4, -0.2) is 33.4 Å². The Hall–Kier alpha value is -4.33. The van der Waals surface area contributed by atoms with Crippen LogP contribution in [0.3, 0.4) is 0 Å². The van der Waals surface area contributed by atoms with E-state index < -0.39 is 17.7 Å². The van der Waals surface area contributed by atoms with Gasteiger partial charge in [-0.3, -0.25) is 5.10 Å². The second kappa shape index (κ2) is 9.73. The lowest BCUT2D eigenvalue weighted by Crippen LogP contribution is -2.15. The standard InChI is InChI=1S/C28H23F2N3O3/c1-36-28-22(29)14-20(15-31-28)26(17-3-2-4-17)25(18-8-5-16(6-9-18)7-12-24(34)35)19-10-11-23-21(13-19)27(30)33-32-23/h5-15,17H,2-4H2,1H3,(H,32,33)(H,34,35). The van der Waals surface area contributed by atoms with Gasteiger partial charge in [0.25, 0.3) is 0 Å². The summed E-state index contributed by atoms with van der Waals surface area (Å²) in [5.41, 5.74) is 5.22. The van der Waals surface area contributed by atoms with Crippen molar-refractivity contribution in [2.45, 2.75) is 19.3 Å². The van der Waals surface area contributed by atoms with Gasteiger partial charge in [0.2, 0.25) is 11.8 Å². The number of benzene rings is 2. The topological polar surface area (TPSA) is 88.1 Å². The van der Waals surface area contributed by atoms with Gasteiger partial charge in [0, 0.05) is 17.8 Å². The minimum atomic E-state index is -1.03. The highest BCUT2D eigenvalue weighted by Gasteiger charge is 2.28. The Kier molecular flexibility index (Phi) is 6.33. The molecule has 0 atom stereocenters. The molecular formula is C28H23F2N3O3. The molecule has 0 amide bonds. The van der Waals surface area contributed by atoms with Crippen molar-refractivity contribution in [3.8, 4) is 5.88 Å². The number of methoxy groups -OCH3 is 1. The van der Waals surface area contributed by atoms with Gasteiger partial charge in [-0.15, -0.1) is 0 Å². The number of aromatic nitrogens is 3. The molecule has 1 aliphatic rings. The molecule has 2 aromatic heterocycles. The van der Waals surface area contributed by atoms with E-state index in [0.717, 1.165) is 53.2 Å². The molecule has 0 unspecified atom stereocenters. The number of carboxylic acids is 1. The monoisotopic (exact) mass is 487 g/mol. The normalized spacial score (nSPS) is 14.6. The number of fused-ring (bicyclic) bond motifs is 1. The van der Waals surface area contributed by atoms with Gasteiger partial charge in [-0.05, 0) is 70.9 Å². The van der Waals surface area contributed by atoms with Gasteiger partial charge in [0.05, 0.1) is 18.0 Å². The third-order valence-corrected chi connectivity index (χ3v) is 6.51. The first-order valence-corrected chi connectivity index (χ1v) is 11.5. The second-order valence-corrected chi connectivity index (χ2v) is 8.69. The summed E-state index contributed by atoms with van der Waals surface area (Å²) >= 11 is 0. The molecule has 36 heavy (non-hydrogen) atoms. The van der Waals surface area contributed by atoms with E-state index in [-0.39, 0.29) is 11.8 Å². The Morgan fingerprint density at radius 1 is 1.08 bits per heavy atom. The van der Waals surface area contributed by atoms with E-state index in [4.69, 9.17) is 9.84 Å². The minimum Gasteiger partial charge on any atom is -0.479 e. The van der Waals surface area contributed by atoms with E-state index in [9.17, 15) is 13.6 Å². The van der Waals surface area contributed by atoms with Crippen LogP contribution in [-0.2, 0) is 4.79 Å². The van der Waals surface area contributed by atoms with Crippen molar-refractivity contribution >= 4 is 34.1 Å². The molecule has 0 radical (unpaired) electrons. The summed E-state index contributed by atoms with van der Waals surface area (Å²) in [6.45, 7) is 0. The van der Waals surface area contributed by atoms with Crippen LogP contribution in [0.25, 0.3) is 28.1 Å². The van der Waals surface area contributed by atoms with Gasteiger partial charge in [-0.1, -0.05) is 36.8 Å². The average molecular weight is 488 g/mol. The Labute approximate surface area is 206 Å². The molecule has 6 nitrogen and oxygen atoms in total. The van der Waals surface area contributed by atoms with Gasteiger partial charge in [-0.25, -0.2) is 14.2 Å². The van der Waals surface area contributed by atoms with Crippen molar-refractivity contribution in [1.82, 2.24) is 15.2 Å². The fraction of sp³-hybridized carbons (Fsp3) is 0.179. The van der Waals surface area contributed by atoms with E-state index in [0.29, 0.717) is 16.5 Å². The van der Waals surface area contributed by atoms with Crippen LogP contribution >= 0.6 is 0 Å². The van der Waals surface area contributed by atoms with E-state index in [2.05, 4.69) is 15.2 Å². The molecule has 1 aliphatic carbocycles. The van der Waals surface area contributed by atoms with Crippen LogP contribution in [0.15, 0.2) is 60.8 Å². The van der Waals surface area contributed by atoms with Gasteiger partial charge in [0.1, 0.15) is 0 Å². The fourth-order valence-corrected chi connectivity index (χ4v) is 4.54. The summed E-state index contributed by atoms with van der Waals surface area (Å²) in [6, 6.07) is 14.2. The van der Waals surface area contributed by atoms with E-state index in [1.54, 1.807) is 18.3 Å². The van der Waals surface area contributed by atoms with Gasteiger partial charge >= 0.3 is 5.97 Å². The van der Waals surface area contributed by atoms with Crippen LogP contribution in [0.1, 0.15) is 41.5 Å². The maximum absolute atomic E-state index is 14.8. The van der Waals surface area contributed by atoms with Gasteiger partial charge in [-0.2, -0.15) is 9.49 Å². The Bertz CT molecular complexity index is 1500. The predicted molar refractivity (Wildman–Crippen MR) is 133 cm³/mol. The molecule has 2 N–H and O–H groups in total. The minimum absolute atomic E-state index is 0.0790. The SMILES string of the molecule is COc1ncc(C(=C(c2ccc(C=CC(=O)O)cc2)c2ccc3n[nH]c(F)c3c2)C2CCC2)cc1F. The Morgan fingerprint density at radius 3 is 2.47 bits per heavy atom. The zero-order valence-corrected chi connectivity index (χ0v) is 19.5. The highest BCUT2D eigenvalue weighted by molar-refractivity contribution is 6.01. The summed E-state index contributed by atoms with van der Waals surface area (Å²) < 4.78 is 34.2. The largest absolute Gasteiger partial charge is 0.479 e. The van der Waals surface area contributed by atoms with E-state index in [1.807, 2.05) is 30.3 Å². The summed E-state index contributed by atoms with van der Waals surface area (Å²) in [7, 11) is 1.37. The van der Waals surface area contributed by atoms with Crippen LogP contribution in [0, 0.1) is 17.7 Å². The molecular weight excluding hydrogens is 464 g/mol. The molecule has 0 bridgehead atoms. The number of nitrogens with one attached hydrogen (secondary N) is 1. The molecule has 182 valence electrons. The smallest absolute Gasteiger partial charge is 0.328 e. The fourth-order valence-electron chi connectivity index (χ4n) is 4.54. The second-order valence-electron chi connectivity index (χ2n) is 8.69. The molecule has 1 saturated carbocycles. The van der Waals surface area contributed by atoms with Crippen molar-refractivity contribution in [1.29, 1.82) is 0 Å². The molecule has 4 aromatic rings. The van der Waals surface area contributed by atoms with Crippen LogP contribution in [0.4, 0.5) is 8.78 Å². The number of rotatable bonds is 7. The number of pyridine rings is 1. The average Bonchev–Trinajstić information content (AvgIpc) is 3.22. The van der Waals surface area contributed by atoms with Crippen LogP contribution < -0.4 is 4.74 Å². The molecule has 0 aliphatic heterocycles. The third-order valence-electron chi connectivity index (χ3n) is 6.51. The lowest BCUT2D eigenvalue weighted by Gasteiger charge is -2.31. The molecule has 0 spiro atoms. The zero-order chi connectivity index (χ0) is 25.2. The maximum Gasteiger partial charge on any atom is 0.328 e. The van der Waals surface area contributed by atoms with Crippen molar-refractivity contribution in [3.63, 3.8) is 0 Å². The number of aliphatic carboxylic acids is 1. The number of allylic oxidation sites excluding steroid dienone is 1. The van der Waals surface area contributed by atoms with Gasteiger partial charge < -0.3 is 9.84 Å². The van der Waals surface area contributed by atoms with Crippen molar-refractivity contribution in [2.24, 2.45) is 5.92 Å². The van der Waals surface area contributed by atoms with Crippen molar-refractivity contribution in [2.75, 3.05) is 7.11 Å². The van der Waals surface area contributed by atoms with E-state index in [1.165, 1.54) is 19.3 Å². The Morgan fingerprint density at radius 2 is 1.83 bits per heavy atom. The first-order chi connectivity index (χ1) is 17.4. The molecule has 5 rings (SSSR count). The first-order valence-electron chi connectivity index (χ1n) is 11.5. The number of ether oxygens (including phenoxy) is 1. The van der Waals surface area contributed by atoms with Gasteiger partial charge in [0.15, 0.2) is 5.82 Å². The summed E-state index contributed by atoms with van der Waals surface area (Å²) in [5.74, 6) is -2.02. The summed E-state index contributed by atoms with van der Waals surface area (Å²) in [4.78, 5) is 15.1. The number of hydrogen-bond acceptors (Lipinski definition) is 4. The highest BCUT2D eigenvalue weighted by Crippen LogP contribution is 2.45. The van der Waals surface area contributed by atoms with Crippen molar-refractivity contribution < 1.29 is 23.4 Å². The number of hydrogen-bond donors (Lipinski definition) is 2. The van der Waals surface area contributed by atoms with Crippen LogP contribution in [0.2, 0.25) is 0 Å². The molecule has 0 saturated heterocycles. The number of aromatic amines is 1. The van der Waals surface area contributed by atoms with Crippen molar-refractivity contribution in [3.05, 3.63) is 94.8 Å². The maximum atomic E-state index is 14.8. The number of halogens is 2.